The summed E-state index contributed by atoms with van der Waals surface area (Å²) in [6.45, 7) is 0. The molecule has 2 aromatic rings. The molecule has 0 saturated heterocycles. The van der Waals surface area contributed by atoms with Crippen LogP contribution in [0.1, 0.15) is 5.82 Å². The minimum atomic E-state index is 0.523. The smallest absolute Gasteiger partial charge is 0.140 e. The number of nitrogen functional groups attached to an aromatic ring is 1. The number of hydrogen-bond donors (Lipinski definition) is 1. The van der Waals surface area contributed by atoms with E-state index < -0.39 is 0 Å². The van der Waals surface area contributed by atoms with E-state index in [0.717, 1.165) is 13.5 Å². The highest BCUT2D eigenvalue weighted by Crippen LogP contribution is 2.28. The van der Waals surface area contributed by atoms with Gasteiger partial charge in [0.2, 0.25) is 0 Å². The fourth-order valence-corrected chi connectivity index (χ4v) is 2.56. The number of rotatable bonds is 3. The molecule has 1 aromatic carbocycles. The highest BCUT2D eigenvalue weighted by Gasteiger charge is 2.04. The SMILES string of the molecule is Nc1nc(CSc2ccccc2Cl)ncc1I. The summed E-state index contributed by atoms with van der Waals surface area (Å²) in [5.41, 5.74) is 5.73. The van der Waals surface area contributed by atoms with Gasteiger partial charge < -0.3 is 5.73 Å². The molecular formula is C11H9ClIN3S. The van der Waals surface area contributed by atoms with Crippen LogP contribution in [0.15, 0.2) is 35.4 Å². The average molecular weight is 378 g/mol. The van der Waals surface area contributed by atoms with Crippen LogP contribution in [0.25, 0.3) is 0 Å². The second kappa shape index (κ2) is 5.88. The van der Waals surface area contributed by atoms with Crippen LogP contribution >= 0.6 is 46.0 Å². The Balaban J connectivity index is 2.08. The molecule has 0 atom stereocenters. The van der Waals surface area contributed by atoms with Gasteiger partial charge in [-0.3, -0.25) is 0 Å². The zero-order valence-corrected chi connectivity index (χ0v) is 12.5. The Morgan fingerprint density at radius 1 is 1.35 bits per heavy atom. The molecule has 17 heavy (non-hydrogen) atoms. The highest BCUT2D eigenvalue weighted by atomic mass is 127. The molecule has 2 rings (SSSR count). The Morgan fingerprint density at radius 3 is 2.82 bits per heavy atom. The molecule has 6 heteroatoms. The molecule has 0 bridgehead atoms. The number of anilines is 1. The standard InChI is InChI=1S/C11H9ClIN3S/c12-7-3-1-2-4-9(7)17-6-10-15-5-8(13)11(14)16-10/h1-5H,6H2,(H2,14,15,16). The molecule has 0 aliphatic rings. The van der Waals surface area contributed by atoms with Crippen molar-refractivity contribution >= 4 is 51.8 Å². The van der Waals surface area contributed by atoms with Gasteiger partial charge in [0.15, 0.2) is 0 Å². The second-order valence-corrected chi connectivity index (χ2v) is 5.83. The quantitative estimate of drug-likeness (QED) is 0.656. The van der Waals surface area contributed by atoms with E-state index >= 15 is 0 Å². The van der Waals surface area contributed by atoms with Gasteiger partial charge in [-0.1, -0.05) is 23.7 Å². The van der Waals surface area contributed by atoms with E-state index in [1.54, 1.807) is 18.0 Å². The predicted octanol–water partition coefficient (Wildman–Crippen LogP) is 3.61. The lowest BCUT2D eigenvalue weighted by Gasteiger charge is -2.04. The van der Waals surface area contributed by atoms with Crippen molar-refractivity contribution in [2.45, 2.75) is 10.6 Å². The number of nitrogens with two attached hydrogens (primary N) is 1. The summed E-state index contributed by atoms with van der Waals surface area (Å²) in [7, 11) is 0. The van der Waals surface area contributed by atoms with Crippen LogP contribution in [0.3, 0.4) is 0 Å². The maximum absolute atomic E-state index is 6.06. The third-order valence-corrected chi connectivity index (χ3v) is 4.36. The molecule has 0 amide bonds. The van der Waals surface area contributed by atoms with Crippen LogP contribution in [0.4, 0.5) is 5.82 Å². The normalized spacial score (nSPS) is 10.5. The number of aromatic nitrogens is 2. The van der Waals surface area contributed by atoms with Gasteiger partial charge in [0.1, 0.15) is 11.6 Å². The zero-order chi connectivity index (χ0) is 12.3. The van der Waals surface area contributed by atoms with Crippen molar-refractivity contribution in [3.63, 3.8) is 0 Å². The molecule has 0 spiro atoms. The van der Waals surface area contributed by atoms with Crippen LogP contribution < -0.4 is 5.73 Å². The van der Waals surface area contributed by atoms with Crippen LogP contribution in [0.5, 0.6) is 0 Å². The lowest BCUT2D eigenvalue weighted by atomic mass is 10.4. The van der Waals surface area contributed by atoms with Gasteiger partial charge in [-0.15, -0.1) is 11.8 Å². The molecule has 2 N–H and O–H groups in total. The first kappa shape index (κ1) is 12.9. The fourth-order valence-electron chi connectivity index (χ4n) is 1.19. The van der Waals surface area contributed by atoms with Gasteiger partial charge in [0.05, 0.1) is 14.3 Å². The lowest BCUT2D eigenvalue weighted by Crippen LogP contribution is -2.00. The first-order valence-electron chi connectivity index (χ1n) is 4.81. The number of thioether (sulfide) groups is 1. The minimum absolute atomic E-state index is 0.523. The van der Waals surface area contributed by atoms with Crippen LogP contribution in [0, 0.1) is 3.57 Å². The van der Waals surface area contributed by atoms with Crippen molar-refractivity contribution in [1.82, 2.24) is 9.97 Å². The molecule has 0 aliphatic heterocycles. The predicted molar refractivity (Wildman–Crippen MR) is 80.2 cm³/mol. The van der Waals surface area contributed by atoms with Gasteiger partial charge in [0.25, 0.3) is 0 Å². The van der Waals surface area contributed by atoms with Gasteiger partial charge in [-0.2, -0.15) is 0 Å². The summed E-state index contributed by atoms with van der Waals surface area (Å²) >= 11 is 9.77. The summed E-state index contributed by atoms with van der Waals surface area (Å²) < 4.78 is 0.870. The van der Waals surface area contributed by atoms with E-state index in [-0.39, 0.29) is 0 Å². The average Bonchev–Trinajstić information content (AvgIpc) is 2.32. The van der Waals surface area contributed by atoms with E-state index in [2.05, 4.69) is 32.6 Å². The van der Waals surface area contributed by atoms with E-state index in [0.29, 0.717) is 17.4 Å². The molecule has 1 aromatic heterocycles. The maximum Gasteiger partial charge on any atom is 0.140 e. The Labute approximate surface area is 122 Å². The van der Waals surface area contributed by atoms with Crippen LogP contribution in [-0.2, 0) is 5.75 Å². The lowest BCUT2D eigenvalue weighted by molar-refractivity contribution is 1.03. The summed E-state index contributed by atoms with van der Waals surface area (Å²) in [6.07, 6.45) is 1.73. The molecule has 0 saturated carbocycles. The van der Waals surface area contributed by atoms with E-state index in [9.17, 15) is 0 Å². The Morgan fingerprint density at radius 2 is 2.12 bits per heavy atom. The first-order chi connectivity index (χ1) is 8.16. The van der Waals surface area contributed by atoms with Crippen LogP contribution in [0.2, 0.25) is 5.02 Å². The van der Waals surface area contributed by atoms with Gasteiger partial charge in [-0.25, -0.2) is 9.97 Å². The Kier molecular flexibility index (Phi) is 4.47. The topological polar surface area (TPSA) is 51.8 Å². The second-order valence-electron chi connectivity index (χ2n) is 3.24. The van der Waals surface area contributed by atoms with Gasteiger partial charge in [0, 0.05) is 11.1 Å². The Bertz CT molecular complexity index is 536. The number of halogens is 2. The minimum Gasteiger partial charge on any atom is -0.383 e. The third kappa shape index (κ3) is 3.46. The van der Waals surface area contributed by atoms with Crippen molar-refractivity contribution < 1.29 is 0 Å². The Hall–Kier alpha value is -0.530. The molecule has 0 aliphatic carbocycles. The number of benzene rings is 1. The van der Waals surface area contributed by atoms with Gasteiger partial charge in [-0.05, 0) is 34.7 Å². The van der Waals surface area contributed by atoms with Crippen molar-refractivity contribution in [3.8, 4) is 0 Å². The van der Waals surface area contributed by atoms with Crippen molar-refractivity contribution in [2.24, 2.45) is 0 Å². The maximum atomic E-state index is 6.06. The molecule has 3 nitrogen and oxygen atoms in total. The van der Waals surface area contributed by atoms with Gasteiger partial charge >= 0.3 is 0 Å². The summed E-state index contributed by atoms with van der Waals surface area (Å²) in [4.78, 5) is 9.46. The molecule has 88 valence electrons. The van der Waals surface area contributed by atoms with Crippen molar-refractivity contribution in [3.05, 3.63) is 44.9 Å². The number of hydrogen-bond acceptors (Lipinski definition) is 4. The monoisotopic (exact) mass is 377 g/mol. The molecule has 0 fully saturated rings. The molecule has 0 radical (unpaired) electrons. The van der Waals surface area contributed by atoms with Crippen molar-refractivity contribution in [1.29, 1.82) is 0 Å². The fraction of sp³-hybridized carbons (Fsp3) is 0.0909. The molecular weight excluding hydrogens is 369 g/mol. The molecule has 1 heterocycles. The van der Waals surface area contributed by atoms with E-state index in [4.69, 9.17) is 17.3 Å². The summed E-state index contributed by atoms with van der Waals surface area (Å²) in [5, 5.41) is 0.746. The zero-order valence-electron chi connectivity index (χ0n) is 8.73. The highest BCUT2D eigenvalue weighted by molar-refractivity contribution is 14.1. The van der Waals surface area contributed by atoms with E-state index in [1.807, 2.05) is 24.3 Å². The summed E-state index contributed by atoms with van der Waals surface area (Å²) in [5.74, 6) is 1.90. The molecule has 0 unspecified atom stereocenters. The number of nitrogens with zero attached hydrogens (tertiary/aromatic N) is 2. The van der Waals surface area contributed by atoms with Crippen LogP contribution in [-0.4, -0.2) is 9.97 Å². The third-order valence-electron chi connectivity index (χ3n) is 2.01. The summed E-state index contributed by atoms with van der Waals surface area (Å²) in [6, 6.07) is 7.71. The van der Waals surface area contributed by atoms with E-state index in [1.165, 1.54) is 0 Å². The first-order valence-corrected chi connectivity index (χ1v) is 7.25. The largest absolute Gasteiger partial charge is 0.383 e. The van der Waals surface area contributed by atoms with Crippen molar-refractivity contribution in [2.75, 3.05) is 5.73 Å².